The van der Waals surface area contributed by atoms with Gasteiger partial charge in [-0.15, -0.1) is 12.4 Å². The van der Waals surface area contributed by atoms with Gasteiger partial charge in [0, 0.05) is 26.2 Å². The highest BCUT2D eigenvalue weighted by Gasteiger charge is 2.32. The molecule has 1 saturated heterocycles. The highest BCUT2D eigenvalue weighted by atomic mass is 35.5. The normalized spacial score (nSPS) is 18.8. The van der Waals surface area contributed by atoms with Crippen molar-refractivity contribution < 1.29 is 18.0 Å². The molecule has 1 rings (SSSR count). The molecule has 1 amide bonds. The number of nitrogens with two attached hydrogens (primary N) is 1. The third kappa shape index (κ3) is 8.13. The molecule has 0 aromatic carbocycles. The molecule has 2 N–H and O–H groups in total. The molecule has 1 aliphatic rings. The maximum absolute atomic E-state index is 12.4. The van der Waals surface area contributed by atoms with E-state index in [1.165, 1.54) is 4.90 Å². The van der Waals surface area contributed by atoms with Crippen LogP contribution in [0.2, 0.25) is 0 Å². The molecule has 0 spiro atoms. The van der Waals surface area contributed by atoms with Gasteiger partial charge in [-0.3, -0.25) is 9.69 Å². The maximum atomic E-state index is 12.4. The Labute approximate surface area is 134 Å². The van der Waals surface area contributed by atoms with Gasteiger partial charge in [-0.25, -0.2) is 0 Å². The second kappa shape index (κ2) is 9.76. The Morgan fingerprint density at radius 2 is 1.95 bits per heavy atom. The van der Waals surface area contributed by atoms with E-state index < -0.39 is 18.8 Å². The lowest BCUT2D eigenvalue weighted by Gasteiger charge is -2.25. The number of halogens is 4. The van der Waals surface area contributed by atoms with Gasteiger partial charge >= 0.3 is 6.18 Å². The maximum Gasteiger partial charge on any atom is 0.401 e. The van der Waals surface area contributed by atoms with Crippen molar-refractivity contribution in [2.75, 3.05) is 44.7 Å². The van der Waals surface area contributed by atoms with Crippen molar-refractivity contribution in [1.82, 2.24) is 9.80 Å². The molecule has 126 valence electrons. The predicted octanol–water partition coefficient (Wildman–Crippen LogP) is 1.59. The number of carbonyl (C=O) groups excluding carboxylic acids is 1. The highest BCUT2D eigenvalue weighted by molar-refractivity contribution is 7.98. The molecular weight excluding hydrogens is 327 g/mol. The number of amides is 1. The molecule has 0 radical (unpaired) electrons. The second-order valence-electron chi connectivity index (χ2n) is 4.96. The number of carbonyl (C=O) groups is 1. The summed E-state index contributed by atoms with van der Waals surface area (Å²) in [5, 5.41) is 0. The van der Waals surface area contributed by atoms with Crippen molar-refractivity contribution in [2.24, 2.45) is 5.73 Å². The van der Waals surface area contributed by atoms with Gasteiger partial charge in [0.2, 0.25) is 5.91 Å². The average Bonchev–Trinajstić information content (AvgIpc) is 2.58. The van der Waals surface area contributed by atoms with Crippen LogP contribution in [0.4, 0.5) is 13.2 Å². The average molecular weight is 350 g/mol. The monoisotopic (exact) mass is 349 g/mol. The molecule has 1 aliphatic heterocycles. The van der Waals surface area contributed by atoms with E-state index >= 15 is 0 Å². The summed E-state index contributed by atoms with van der Waals surface area (Å²) in [6, 6.07) is -0.545. The molecule has 0 bridgehead atoms. The minimum atomic E-state index is -4.19. The summed E-state index contributed by atoms with van der Waals surface area (Å²) in [5.41, 5.74) is 5.82. The smallest absolute Gasteiger partial charge is 0.340 e. The zero-order chi connectivity index (χ0) is 15.2. The van der Waals surface area contributed by atoms with Crippen molar-refractivity contribution in [2.45, 2.75) is 25.1 Å². The van der Waals surface area contributed by atoms with E-state index in [0.717, 1.165) is 5.75 Å². The SMILES string of the molecule is CSCC[C@H](N)C(=O)N1CCCN(CC(F)(F)F)CC1.Cl. The Bertz CT molecular complexity index is 321. The van der Waals surface area contributed by atoms with E-state index in [-0.39, 0.29) is 24.9 Å². The molecule has 1 fully saturated rings. The molecule has 0 saturated carbocycles. The zero-order valence-corrected chi connectivity index (χ0v) is 13.7. The van der Waals surface area contributed by atoms with E-state index in [1.54, 1.807) is 16.7 Å². The minimum Gasteiger partial charge on any atom is -0.340 e. The van der Waals surface area contributed by atoms with E-state index in [2.05, 4.69) is 0 Å². The van der Waals surface area contributed by atoms with Crippen LogP contribution in [0.25, 0.3) is 0 Å². The van der Waals surface area contributed by atoms with E-state index in [9.17, 15) is 18.0 Å². The number of thioether (sulfide) groups is 1. The van der Waals surface area contributed by atoms with E-state index in [1.807, 2.05) is 6.26 Å². The lowest BCUT2D eigenvalue weighted by Crippen LogP contribution is -2.45. The molecule has 4 nitrogen and oxygen atoms in total. The van der Waals surface area contributed by atoms with Gasteiger partial charge in [-0.2, -0.15) is 24.9 Å². The minimum absolute atomic E-state index is 0. The molecule has 9 heteroatoms. The van der Waals surface area contributed by atoms with Crippen molar-refractivity contribution in [3.63, 3.8) is 0 Å². The van der Waals surface area contributed by atoms with Gasteiger partial charge in [-0.1, -0.05) is 0 Å². The van der Waals surface area contributed by atoms with Gasteiger partial charge < -0.3 is 10.6 Å². The largest absolute Gasteiger partial charge is 0.401 e. The van der Waals surface area contributed by atoms with Gasteiger partial charge in [0.1, 0.15) is 0 Å². The Kier molecular flexibility index (Phi) is 9.68. The van der Waals surface area contributed by atoms with Crippen LogP contribution in [-0.4, -0.2) is 72.7 Å². The number of hydrogen-bond donors (Lipinski definition) is 1. The van der Waals surface area contributed by atoms with Crippen LogP contribution >= 0.6 is 24.2 Å². The Hall–Kier alpha value is -0.180. The molecule has 0 aromatic rings. The topological polar surface area (TPSA) is 49.6 Å². The first-order valence-corrected chi connectivity index (χ1v) is 8.05. The Morgan fingerprint density at radius 1 is 1.29 bits per heavy atom. The second-order valence-corrected chi connectivity index (χ2v) is 5.94. The third-order valence-corrected chi connectivity index (χ3v) is 3.90. The number of hydrogen-bond acceptors (Lipinski definition) is 4. The summed E-state index contributed by atoms with van der Waals surface area (Å²) in [4.78, 5) is 15.0. The quantitative estimate of drug-likeness (QED) is 0.819. The molecule has 0 unspecified atom stereocenters. The summed E-state index contributed by atoms with van der Waals surface area (Å²) < 4.78 is 37.1. The number of rotatable bonds is 5. The van der Waals surface area contributed by atoms with E-state index in [4.69, 9.17) is 5.73 Å². The fraction of sp³-hybridized carbons (Fsp3) is 0.917. The van der Waals surface area contributed by atoms with Gasteiger partial charge in [-0.05, 0) is 24.9 Å². The summed E-state index contributed by atoms with van der Waals surface area (Å²) in [7, 11) is 0. The molecule has 1 atom stereocenters. The lowest BCUT2D eigenvalue weighted by atomic mass is 10.2. The van der Waals surface area contributed by atoms with E-state index in [0.29, 0.717) is 32.5 Å². The standard InChI is InChI=1S/C12H22F3N3OS.ClH/c1-20-8-3-10(16)11(19)18-5-2-4-17(6-7-18)9-12(13,14)15;/h10H,2-9,16H2,1H3;1H/t10-;/m0./s1. The predicted molar refractivity (Wildman–Crippen MR) is 81.9 cm³/mol. The summed E-state index contributed by atoms with van der Waals surface area (Å²) in [6.07, 6.45) is -1.09. The molecule has 21 heavy (non-hydrogen) atoms. The lowest BCUT2D eigenvalue weighted by molar-refractivity contribution is -0.145. The van der Waals surface area contributed by atoms with Crippen LogP contribution in [0, 0.1) is 0 Å². The zero-order valence-electron chi connectivity index (χ0n) is 12.1. The number of nitrogens with zero attached hydrogens (tertiary/aromatic N) is 2. The number of alkyl halides is 3. The van der Waals surface area contributed by atoms with Crippen LogP contribution in [-0.2, 0) is 4.79 Å². The van der Waals surface area contributed by atoms with Crippen LogP contribution in [0.15, 0.2) is 0 Å². The third-order valence-electron chi connectivity index (χ3n) is 3.25. The Morgan fingerprint density at radius 3 is 2.52 bits per heavy atom. The molecule has 1 heterocycles. The van der Waals surface area contributed by atoms with Crippen molar-refractivity contribution >= 4 is 30.1 Å². The van der Waals surface area contributed by atoms with Crippen molar-refractivity contribution in [1.29, 1.82) is 0 Å². The fourth-order valence-electron chi connectivity index (χ4n) is 2.21. The summed E-state index contributed by atoms with van der Waals surface area (Å²) >= 11 is 1.62. The molecular formula is C12H23ClF3N3OS. The first kappa shape index (κ1) is 20.8. The first-order valence-electron chi connectivity index (χ1n) is 6.66. The Balaban J connectivity index is 0.00000400. The fourth-order valence-corrected chi connectivity index (χ4v) is 2.70. The molecule has 0 aliphatic carbocycles. The van der Waals surface area contributed by atoms with Crippen molar-refractivity contribution in [3.8, 4) is 0 Å². The first-order chi connectivity index (χ1) is 9.33. The highest BCUT2D eigenvalue weighted by Crippen LogP contribution is 2.17. The summed E-state index contributed by atoms with van der Waals surface area (Å²) in [6.45, 7) is 0.513. The van der Waals surface area contributed by atoms with Crippen LogP contribution < -0.4 is 5.73 Å². The van der Waals surface area contributed by atoms with Gasteiger partial charge in [0.05, 0.1) is 12.6 Å². The van der Waals surface area contributed by atoms with Gasteiger partial charge in [0.15, 0.2) is 0 Å². The van der Waals surface area contributed by atoms with Crippen LogP contribution in [0.3, 0.4) is 0 Å². The molecule has 0 aromatic heterocycles. The van der Waals surface area contributed by atoms with Crippen LogP contribution in [0.5, 0.6) is 0 Å². The van der Waals surface area contributed by atoms with Crippen molar-refractivity contribution in [3.05, 3.63) is 0 Å². The summed E-state index contributed by atoms with van der Waals surface area (Å²) in [5.74, 6) is 0.661. The van der Waals surface area contributed by atoms with Gasteiger partial charge in [0.25, 0.3) is 0 Å². The van der Waals surface area contributed by atoms with Crippen LogP contribution in [0.1, 0.15) is 12.8 Å².